The quantitative estimate of drug-likeness (QED) is 0.944. The van der Waals surface area contributed by atoms with Crippen molar-refractivity contribution in [2.24, 2.45) is 0 Å². The van der Waals surface area contributed by atoms with Gasteiger partial charge in [0, 0.05) is 17.1 Å². The van der Waals surface area contributed by atoms with Crippen LogP contribution in [-0.2, 0) is 6.54 Å². The molecule has 1 aliphatic rings. The smallest absolute Gasteiger partial charge is 0.0969 e. The van der Waals surface area contributed by atoms with Crippen molar-refractivity contribution >= 4 is 15.9 Å². The molecule has 0 spiro atoms. The lowest BCUT2D eigenvalue weighted by atomic mass is 10.2. The molecule has 0 amide bonds. The maximum atomic E-state index is 4.19. The van der Waals surface area contributed by atoms with E-state index in [1.54, 1.807) is 0 Å². The molecule has 0 aliphatic heterocycles. The van der Waals surface area contributed by atoms with Crippen LogP contribution in [0.5, 0.6) is 0 Å². The molecule has 18 heavy (non-hydrogen) atoms. The molecule has 94 valence electrons. The minimum absolute atomic E-state index is 0.697. The van der Waals surface area contributed by atoms with Crippen molar-refractivity contribution in [1.82, 2.24) is 20.3 Å². The SMILES string of the molecule is Cc1cc(Br)cc(-n2cc(CNC3CC3)nn2)c1. The van der Waals surface area contributed by atoms with E-state index in [0.29, 0.717) is 6.04 Å². The van der Waals surface area contributed by atoms with Gasteiger partial charge in [-0.1, -0.05) is 21.1 Å². The van der Waals surface area contributed by atoms with Gasteiger partial charge < -0.3 is 5.32 Å². The molecule has 2 aromatic rings. The average molecular weight is 307 g/mol. The van der Waals surface area contributed by atoms with Gasteiger partial charge >= 0.3 is 0 Å². The van der Waals surface area contributed by atoms with Gasteiger partial charge in [-0.3, -0.25) is 0 Å². The van der Waals surface area contributed by atoms with Crippen LogP contribution in [0, 0.1) is 6.92 Å². The van der Waals surface area contributed by atoms with Gasteiger partial charge in [-0.2, -0.15) is 0 Å². The van der Waals surface area contributed by atoms with Crippen molar-refractivity contribution in [2.45, 2.75) is 32.4 Å². The van der Waals surface area contributed by atoms with E-state index in [9.17, 15) is 0 Å². The van der Waals surface area contributed by atoms with Crippen molar-refractivity contribution in [3.8, 4) is 5.69 Å². The number of rotatable bonds is 4. The Kier molecular flexibility index (Phi) is 3.18. The molecule has 1 heterocycles. The second-order valence-electron chi connectivity index (χ2n) is 4.80. The zero-order valence-corrected chi connectivity index (χ0v) is 11.8. The Bertz CT molecular complexity index is 540. The Balaban J connectivity index is 1.78. The third-order valence-corrected chi connectivity index (χ3v) is 3.44. The van der Waals surface area contributed by atoms with E-state index in [-0.39, 0.29) is 0 Å². The van der Waals surface area contributed by atoms with Crippen LogP contribution >= 0.6 is 15.9 Å². The van der Waals surface area contributed by atoms with E-state index in [4.69, 9.17) is 0 Å². The number of aromatic nitrogens is 3. The van der Waals surface area contributed by atoms with E-state index in [2.05, 4.69) is 50.6 Å². The largest absolute Gasteiger partial charge is 0.308 e. The predicted octanol–water partition coefficient (Wildman–Crippen LogP) is 2.59. The van der Waals surface area contributed by atoms with Gasteiger partial charge in [0.2, 0.25) is 0 Å². The highest BCUT2D eigenvalue weighted by Crippen LogP contribution is 2.20. The summed E-state index contributed by atoms with van der Waals surface area (Å²) in [7, 11) is 0. The molecule has 0 radical (unpaired) electrons. The highest BCUT2D eigenvalue weighted by molar-refractivity contribution is 9.10. The molecule has 1 aliphatic carbocycles. The Morgan fingerprint density at radius 1 is 1.39 bits per heavy atom. The third-order valence-electron chi connectivity index (χ3n) is 2.98. The predicted molar refractivity (Wildman–Crippen MR) is 73.7 cm³/mol. The van der Waals surface area contributed by atoms with Gasteiger partial charge in [-0.25, -0.2) is 4.68 Å². The van der Waals surface area contributed by atoms with Crippen molar-refractivity contribution in [3.63, 3.8) is 0 Å². The Labute approximate surface area is 115 Å². The first kappa shape index (κ1) is 11.9. The number of nitrogens with zero attached hydrogens (tertiary/aromatic N) is 3. The number of nitrogens with one attached hydrogen (secondary N) is 1. The maximum absolute atomic E-state index is 4.19. The van der Waals surface area contributed by atoms with Crippen LogP contribution in [0.15, 0.2) is 28.9 Å². The summed E-state index contributed by atoms with van der Waals surface area (Å²) < 4.78 is 2.88. The summed E-state index contributed by atoms with van der Waals surface area (Å²) in [4.78, 5) is 0. The molecule has 0 saturated heterocycles. The van der Waals surface area contributed by atoms with Gasteiger partial charge in [0.25, 0.3) is 0 Å². The van der Waals surface area contributed by atoms with Crippen LogP contribution in [0.1, 0.15) is 24.1 Å². The lowest BCUT2D eigenvalue weighted by Crippen LogP contribution is -2.15. The highest BCUT2D eigenvalue weighted by atomic mass is 79.9. The molecule has 0 unspecified atom stereocenters. The molecule has 0 atom stereocenters. The lowest BCUT2D eigenvalue weighted by Gasteiger charge is -2.02. The van der Waals surface area contributed by atoms with Crippen LogP contribution in [0.4, 0.5) is 0 Å². The Morgan fingerprint density at radius 3 is 2.94 bits per heavy atom. The van der Waals surface area contributed by atoms with E-state index < -0.39 is 0 Å². The van der Waals surface area contributed by atoms with Crippen LogP contribution < -0.4 is 5.32 Å². The first-order valence-corrected chi connectivity index (χ1v) is 6.92. The van der Waals surface area contributed by atoms with Crippen LogP contribution in [-0.4, -0.2) is 21.0 Å². The number of halogens is 1. The lowest BCUT2D eigenvalue weighted by molar-refractivity contribution is 0.671. The summed E-state index contributed by atoms with van der Waals surface area (Å²) >= 11 is 3.50. The van der Waals surface area contributed by atoms with E-state index in [1.165, 1.54) is 18.4 Å². The fourth-order valence-electron chi connectivity index (χ4n) is 1.89. The van der Waals surface area contributed by atoms with Crippen molar-refractivity contribution < 1.29 is 0 Å². The Hall–Kier alpha value is -1.20. The van der Waals surface area contributed by atoms with Gasteiger partial charge in [-0.05, 0) is 43.5 Å². The van der Waals surface area contributed by atoms with E-state index in [0.717, 1.165) is 22.4 Å². The first-order valence-electron chi connectivity index (χ1n) is 6.13. The molecule has 4 nitrogen and oxygen atoms in total. The third kappa shape index (κ3) is 2.79. The highest BCUT2D eigenvalue weighted by Gasteiger charge is 2.20. The maximum Gasteiger partial charge on any atom is 0.0969 e. The molecule has 1 fully saturated rings. The van der Waals surface area contributed by atoms with Gasteiger partial charge in [0.1, 0.15) is 0 Å². The number of hydrogen-bond acceptors (Lipinski definition) is 3. The molecule has 3 rings (SSSR count). The van der Waals surface area contributed by atoms with Gasteiger partial charge in [-0.15, -0.1) is 5.10 Å². The second-order valence-corrected chi connectivity index (χ2v) is 5.71. The molecule has 1 saturated carbocycles. The van der Waals surface area contributed by atoms with E-state index in [1.807, 2.05) is 16.9 Å². The number of benzene rings is 1. The van der Waals surface area contributed by atoms with Gasteiger partial charge in [0.05, 0.1) is 17.6 Å². The summed E-state index contributed by atoms with van der Waals surface area (Å²) in [6, 6.07) is 6.91. The van der Waals surface area contributed by atoms with Crippen LogP contribution in [0.2, 0.25) is 0 Å². The molecule has 0 bridgehead atoms. The summed E-state index contributed by atoms with van der Waals surface area (Å²) in [6.45, 7) is 2.87. The second kappa shape index (κ2) is 4.82. The summed E-state index contributed by atoms with van der Waals surface area (Å²) in [5.74, 6) is 0. The van der Waals surface area contributed by atoms with Crippen LogP contribution in [0.3, 0.4) is 0 Å². The number of aryl methyl sites for hydroxylation is 1. The van der Waals surface area contributed by atoms with Crippen molar-refractivity contribution in [2.75, 3.05) is 0 Å². The molecule has 5 heteroatoms. The molecular formula is C13H15BrN4. The minimum Gasteiger partial charge on any atom is -0.308 e. The molecule has 1 aromatic carbocycles. The normalized spacial score (nSPS) is 15.0. The molecular weight excluding hydrogens is 292 g/mol. The average Bonchev–Trinajstić information content (AvgIpc) is 3.02. The van der Waals surface area contributed by atoms with Crippen molar-refractivity contribution in [1.29, 1.82) is 0 Å². The molecule has 1 aromatic heterocycles. The fraction of sp³-hybridized carbons (Fsp3) is 0.385. The zero-order chi connectivity index (χ0) is 12.5. The first-order chi connectivity index (χ1) is 8.70. The van der Waals surface area contributed by atoms with Gasteiger partial charge in [0.15, 0.2) is 0 Å². The summed E-state index contributed by atoms with van der Waals surface area (Å²) in [6.07, 6.45) is 4.56. The fourth-order valence-corrected chi connectivity index (χ4v) is 2.49. The Morgan fingerprint density at radius 2 is 2.22 bits per heavy atom. The van der Waals surface area contributed by atoms with E-state index >= 15 is 0 Å². The minimum atomic E-state index is 0.697. The topological polar surface area (TPSA) is 42.7 Å². The molecule has 1 N–H and O–H groups in total. The number of hydrogen-bond donors (Lipinski definition) is 1. The standard InChI is InChI=1S/C13H15BrN4/c1-9-4-10(14)6-13(5-9)18-8-12(16-17-18)7-15-11-2-3-11/h4-6,8,11,15H,2-3,7H2,1H3. The zero-order valence-electron chi connectivity index (χ0n) is 10.2. The monoisotopic (exact) mass is 306 g/mol. The van der Waals surface area contributed by atoms with Crippen LogP contribution in [0.25, 0.3) is 5.69 Å². The van der Waals surface area contributed by atoms with Crippen molar-refractivity contribution in [3.05, 3.63) is 40.1 Å². The summed E-state index contributed by atoms with van der Waals surface area (Å²) in [5.41, 5.74) is 3.22. The summed E-state index contributed by atoms with van der Waals surface area (Å²) in [5, 5.41) is 11.8.